The first kappa shape index (κ1) is 7.26. The molecular formula is C9H11F. The highest BCUT2D eigenvalue weighted by Crippen LogP contribution is 2.16. The van der Waals surface area contributed by atoms with E-state index in [0.29, 0.717) is 6.42 Å². The lowest BCUT2D eigenvalue weighted by Crippen LogP contribution is -1.68. The van der Waals surface area contributed by atoms with E-state index in [1.807, 2.05) is 26.0 Å². The van der Waals surface area contributed by atoms with E-state index in [9.17, 15) is 4.39 Å². The van der Waals surface area contributed by atoms with Crippen LogP contribution in [0.2, 0.25) is 0 Å². The van der Waals surface area contributed by atoms with Gasteiger partial charge in [-0.2, -0.15) is 0 Å². The highest BCUT2D eigenvalue weighted by atomic mass is 19.1. The Labute approximate surface area is 60.7 Å². The van der Waals surface area contributed by atoms with Crippen LogP contribution in [0.5, 0.6) is 0 Å². The van der Waals surface area contributed by atoms with Crippen LogP contribution in [0.4, 0.5) is 4.39 Å². The summed E-state index contributed by atoms with van der Waals surface area (Å²) < 4.78 is 12.6. The van der Waals surface area contributed by atoms with E-state index in [-0.39, 0.29) is 5.83 Å². The molecule has 0 amide bonds. The van der Waals surface area contributed by atoms with Crippen LogP contribution in [0.15, 0.2) is 35.2 Å². The van der Waals surface area contributed by atoms with Crippen molar-refractivity contribution < 1.29 is 4.39 Å². The maximum atomic E-state index is 12.6. The molecule has 0 N–H and O–H groups in total. The molecule has 1 heteroatoms. The third kappa shape index (κ3) is 1.83. The molecule has 0 saturated heterocycles. The van der Waals surface area contributed by atoms with Crippen molar-refractivity contribution in [2.45, 2.75) is 20.3 Å². The first-order valence-corrected chi connectivity index (χ1v) is 3.39. The molecule has 10 heavy (non-hydrogen) atoms. The predicted molar refractivity (Wildman–Crippen MR) is 41.3 cm³/mol. The van der Waals surface area contributed by atoms with Crippen molar-refractivity contribution in [3.63, 3.8) is 0 Å². The van der Waals surface area contributed by atoms with Gasteiger partial charge >= 0.3 is 0 Å². The zero-order chi connectivity index (χ0) is 7.56. The fourth-order valence-corrected chi connectivity index (χ4v) is 1.02. The summed E-state index contributed by atoms with van der Waals surface area (Å²) in [5.41, 5.74) is 2.13. The minimum atomic E-state index is -0.0504. The Bertz CT molecular complexity index is 219. The van der Waals surface area contributed by atoms with Gasteiger partial charge in [-0.15, -0.1) is 0 Å². The molecule has 0 aliphatic heterocycles. The summed E-state index contributed by atoms with van der Waals surface area (Å²) >= 11 is 0. The number of allylic oxidation sites excluding steroid dienone is 6. The van der Waals surface area contributed by atoms with Crippen LogP contribution in [0.25, 0.3) is 0 Å². The molecule has 0 aromatic carbocycles. The Morgan fingerprint density at radius 1 is 1.20 bits per heavy atom. The molecule has 0 aromatic heterocycles. The molecule has 0 bridgehead atoms. The van der Waals surface area contributed by atoms with Gasteiger partial charge in [-0.1, -0.05) is 17.7 Å². The standard InChI is InChI=1S/C9H11F/c1-7-3-4-9(10)6-8(2)5-7/h3,5-6H,4H2,1-2H3. The van der Waals surface area contributed by atoms with Gasteiger partial charge in [0.25, 0.3) is 0 Å². The fraction of sp³-hybridized carbons (Fsp3) is 0.333. The van der Waals surface area contributed by atoms with Crippen LogP contribution in [0, 0.1) is 0 Å². The van der Waals surface area contributed by atoms with Gasteiger partial charge in [0.15, 0.2) is 0 Å². The second-order valence-electron chi connectivity index (χ2n) is 2.63. The fourth-order valence-electron chi connectivity index (χ4n) is 1.02. The minimum Gasteiger partial charge on any atom is -0.211 e. The van der Waals surface area contributed by atoms with Gasteiger partial charge in [0, 0.05) is 6.42 Å². The molecule has 0 unspecified atom stereocenters. The summed E-state index contributed by atoms with van der Waals surface area (Å²) in [4.78, 5) is 0. The van der Waals surface area contributed by atoms with Gasteiger partial charge in [-0.05, 0) is 25.5 Å². The summed E-state index contributed by atoms with van der Waals surface area (Å²) in [6.45, 7) is 3.89. The first-order valence-electron chi connectivity index (χ1n) is 3.39. The summed E-state index contributed by atoms with van der Waals surface area (Å²) in [6.07, 6.45) is 5.89. The van der Waals surface area contributed by atoms with Crippen molar-refractivity contribution in [1.29, 1.82) is 0 Å². The van der Waals surface area contributed by atoms with Gasteiger partial charge in [0.2, 0.25) is 0 Å². The van der Waals surface area contributed by atoms with Crippen molar-refractivity contribution >= 4 is 0 Å². The van der Waals surface area contributed by atoms with Crippen molar-refractivity contribution in [2.24, 2.45) is 0 Å². The molecule has 1 rings (SSSR count). The zero-order valence-corrected chi connectivity index (χ0v) is 6.32. The Balaban J connectivity index is 2.90. The second-order valence-corrected chi connectivity index (χ2v) is 2.63. The van der Waals surface area contributed by atoms with E-state index in [1.165, 1.54) is 0 Å². The van der Waals surface area contributed by atoms with Gasteiger partial charge in [-0.25, -0.2) is 4.39 Å². The predicted octanol–water partition coefficient (Wildman–Crippen LogP) is 3.14. The second kappa shape index (κ2) is 2.82. The van der Waals surface area contributed by atoms with Crippen molar-refractivity contribution in [1.82, 2.24) is 0 Å². The van der Waals surface area contributed by atoms with Crippen LogP contribution in [0.3, 0.4) is 0 Å². The van der Waals surface area contributed by atoms with Crippen LogP contribution >= 0.6 is 0 Å². The molecule has 0 nitrogen and oxygen atoms in total. The summed E-state index contributed by atoms with van der Waals surface area (Å²) in [5.74, 6) is -0.0504. The Kier molecular flexibility index (Phi) is 2.05. The molecule has 0 saturated carbocycles. The monoisotopic (exact) mass is 138 g/mol. The molecule has 0 fully saturated rings. The highest BCUT2D eigenvalue weighted by Gasteiger charge is 1.97. The Hall–Kier alpha value is -0.850. The van der Waals surface area contributed by atoms with Gasteiger partial charge in [-0.3, -0.25) is 0 Å². The van der Waals surface area contributed by atoms with Gasteiger partial charge < -0.3 is 0 Å². The Morgan fingerprint density at radius 2 is 1.90 bits per heavy atom. The third-order valence-electron chi connectivity index (χ3n) is 1.46. The van der Waals surface area contributed by atoms with E-state index >= 15 is 0 Å². The number of hydrogen-bond donors (Lipinski definition) is 0. The normalized spacial score (nSPS) is 18.9. The van der Waals surface area contributed by atoms with Crippen LogP contribution in [-0.4, -0.2) is 0 Å². The maximum Gasteiger partial charge on any atom is 0.104 e. The average molecular weight is 138 g/mol. The van der Waals surface area contributed by atoms with E-state index < -0.39 is 0 Å². The van der Waals surface area contributed by atoms with Crippen LogP contribution in [0.1, 0.15) is 20.3 Å². The molecule has 0 aromatic rings. The lowest BCUT2D eigenvalue weighted by Gasteiger charge is -1.87. The topological polar surface area (TPSA) is 0 Å². The lowest BCUT2D eigenvalue weighted by atomic mass is 10.2. The third-order valence-corrected chi connectivity index (χ3v) is 1.46. The molecular weight excluding hydrogens is 127 g/mol. The van der Waals surface area contributed by atoms with E-state index in [1.54, 1.807) is 6.08 Å². The SMILES string of the molecule is CC1=CCC(F)=CC(C)=C1. The minimum absolute atomic E-state index is 0.0504. The summed E-state index contributed by atoms with van der Waals surface area (Å²) in [7, 11) is 0. The first-order chi connectivity index (χ1) is 4.68. The van der Waals surface area contributed by atoms with Crippen molar-refractivity contribution in [3.8, 4) is 0 Å². The molecule has 0 spiro atoms. The van der Waals surface area contributed by atoms with E-state index in [2.05, 4.69) is 0 Å². The number of hydrogen-bond acceptors (Lipinski definition) is 0. The molecule has 54 valence electrons. The molecule has 0 heterocycles. The molecule has 0 atom stereocenters. The smallest absolute Gasteiger partial charge is 0.104 e. The molecule has 0 radical (unpaired) electrons. The number of halogens is 1. The summed E-state index contributed by atoms with van der Waals surface area (Å²) in [5, 5.41) is 0. The van der Waals surface area contributed by atoms with E-state index in [0.717, 1.165) is 11.1 Å². The molecule has 1 aliphatic carbocycles. The summed E-state index contributed by atoms with van der Waals surface area (Å²) in [6, 6.07) is 0. The highest BCUT2D eigenvalue weighted by molar-refractivity contribution is 5.32. The van der Waals surface area contributed by atoms with Crippen LogP contribution in [-0.2, 0) is 0 Å². The van der Waals surface area contributed by atoms with Crippen LogP contribution < -0.4 is 0 Å². The largest absolute Gasteiger partial charge is 0.211 e. The zero-order valence-electron chi connectivity index (χ0n) is 6.32. The van der Waals surface area contributed by atoms with E-state index in [4.69, 9.17) is 0 Å². The Morgan fingerprint density at radius 3 is 2.60 bits per heavy atom. The van der Waals surface area contributed by atoms with Gasteiger partial charge in [0.05, 0.1) is 0 Å². The maximum absolute atomic E-state index is 12.6. The van der Waals surface area contributed by atoms with Crippen molar-refractivity contribution in [2.75, 3.05) is 0 Å². The quantitative estimate of drug-likeness (QED) is 0.482. The lowest BCUT2D eigenvalue weighted by molar-refractivity contribution is 0.617. The molecule has 1 aliphatic rings. The average Bonchev–Trinajstić information content (AvgIpc) is 1.93. The number of rotatable bonds is 0. The van der Waals surface area contributed by atoms with Gasteiger partial charge in [0.1, 0.15) is 5.83 Å². The van der Waals surface area contributed by atoms with Crippen molar-refractivity contribution in [3.05, 3.63) is 35.2 Å².